The van der Waals surface area contributed by atoms with Gasteiger partial charge in [-0.2, -0.15) is 0 Å². The van der Waals surface area contributed by atoms with Crippen LogP contribution in [0.4, 0.5) is 0 Å². The van der Waals surface area contributed by atoms with Crippen molar-refractivity contribution in [3.8, 4) is 0 Å². The fraction of sp³-hybridized carbons (Fsp3) is 0.667. The maximum absolute atomic E-state index is 4.98. The highest BCUT2D eigenvalue weighted by molar-refractivity contribution is 4.63. The minimum absolute atomic E-state index is 0.614. The van der Waals surface area contributed by atoms with Crippen molar-refractivity contribution in [1.29, 1.82) is 0 Å². The van der Waals surface area contributed by atoms with E-state index in [9.17, 15) is 0 Å². The average Bonchev–Trinajstić information content (AvgIpc) is 2.31. The third-order valence-corrected chi connectivity index (χ3v) is 1.33. The summed E-state index contributed by atoms with van der Waals surface area (Å²) < 4.78 is 19.4. The molecule has 0 amide bonds. The van der Waals surface area contributed by atoms with Crippen LogP contribution in [-0.2, 0) is 18.9 Å². The summed E-state index contributed by atoms with van der Waals surface area (Å²) in [6, 6.07) is 0. The van der Waals surface area contributed by atoms with Crippen LogP contribution < -0.4 is 0 Å². The van der Waals surface area contributed by atoms with E-state index < -0.39 is 0 Å². The van der Waals surface area contributed by atoms with Gasteiger partial charge in [-0.05, 0) is 0 Å². The fourth-order valence-electron chi connectivity index (χ4n) is 0.618. The van der Waals surface area contributed by atoms with Gasteiger partial charge in [0.25, 0.3) is 0 Å². The normalized spacial score (nSPS) is 9.12. The second-order valence-corrected chi connectivity index (χ2v) is 2.71. The van der Waals surface area contributed by atoms with Gasteiger partial charge in [0.2, 0.25) is 0 Å². The summed E-state index contributed by atoms with van der Waals surface area (Å²) in [5, 5.41) is 0. The van der Waals surface area contributed by atoms with Gasteiger partial charge in [0, 0.05) is 14.2 Å². The lowest BCUT2D eigenvalue weighted by atomic mass is 10.7. The van der Waals surface area contributed by atoms with Crippen molar-refractivity contribution in [2.45, 2.75) is 0 Å². The van der Waals surface area contributed by atoms with Crippen LogP contribution in [0.3, 0.4) is 0 Å². The van der Waals surface area contributed by atoms with Crippen LogP contribution in [0.25, 0.3) is 0 Å². The van der Waals surface area contributed by atoms with Crippen LogP contribution >= 0.6 is 0 Å². The Balaban J connectivity index is 0. The molecule has 0 saturated carbocycles. The molecule has 16 heavy (non-hydrogen) atoms. The first-order valence-electron chi connectivity index (χ1n) is 5.18. The predicted molar refractivity (Wildman–Crippen MR) is 65.8 cm³/mol. The van der Waals surface area contributed by atoms with Crippen LogP contribution in [-0.4, -0.2) is 53.9 Å². The van der Waals surface area contributed by atoms with Gasteiger partial charge in [-0.3, -0.25) is 0 Å². The van der Waals surface area contributed by atoms with Gasteiger partial charge in [-0.15, -0.1) is 13.2 Å². The number of ether oxygens (including phenoxy) is 4. The molecule has 4 nitrogen and oxygen atoms in total. The predicted octanol–water partition coefficient (Wildman–Crippen LogP) is 1.67. The molecule has 0 aliphatic heterocycles. The molecule has 0 aromatic carbocycles. The largest absolute Gasteiger partial charge is 0.382 e. The second kappa shape index (κ2) is 19.8. The number of hydrogen-bond acceptors (Lipinski definition) is 4. The van der Waals surface area contributed by atoms with Crippen LogP contribution in [0.2, 0.25) is 0 Å². The lowest BCUT2D eigenvalue weighted by Crippen LogP contribution is -2.00. The zero-order valence-electron chi connectivity index (χ0n) is 10.4. The van der Waals surface area contributed by atoms with E-state index in [4.69, 9.17) is 18.9 Å². The molecule has 96 valence electrons. The summed E-state index contributed by atoms with van der Waals surface area (Å²) in [6.07, 6.45) is 3.44. The standard InChI is InChI=1S/2C6H12O2/c2*1-3-4-8-6-5-7-2/h2*3H,1,4-6H2,2H3. The van der Waals surface area contributed by atoms with Crippen molar-refractivity contribution in [3.63, 3.8) is 0 Å². The summed E-state index contributed by atoms with van der Waals surface area (Å²) in [7, 11) is 3.30. The van der Waals surface area contributed by atoms with E-state index in [-0.39, 0.29) is 0 Å². The zero-order chi connectivity index (χ0) is 12.5. The molecule has 0 aliphatic carbocycles. The molecule has 0 rings (SSSR count). The average molecular weight is 232 g/mol. The zero-order valence-corrected chi connectivity index (χ0v) is 10.4. The molecule has 0 aromatic rings. The number of hydrogen-bond donors (Lipinski definition) is 0. The molecular weight excluding hydrogens is 208 g/mol. The molecule has 4 heteroatoms. The minimum atomic E-state index is 0.614. The molecule has 0 radical (unpaired) electrons. The van der Waals surface area contributed by atoms with Crippen molar-refractivity contribution in [2.24, 2.45) is 0 Å². The highest BCUT2D eigenvalue weighted by Crippen LogP contribution is 1.75. The van der Waals surface area contributed by atoms with Crippen molar-refractivity contribution in [3.05, 3.63) is 25.3 Å². The van der Waals surface area contributed by atoms with Gasteiger partial charge < -0.3 is 18.9 Å². The SMILES string of the molecule is C=CCOCCOC.C=CCOCCOC. The summed E-state index contributed by atoms with van der Waals surface area (Å²) in [5.41, 5.74) is 0. The van der Waals surface area contributed by atoms with Crippen molar-refractivity contribution in [2.75, 3.05) is 53.9 Å². The molecule has 0 aromatic heterocycles. The van der Waals surface area contributed by atoms with Crippen molar-refractivity contribution < 1.29 is 18.9 Å². The van der Waals surface area contributed by atoms with Gasteiger partial charge in [0.15, 0.2) is 0 Å². The minimum Gasteiger partial charge on any atom is -0.382 e. The Bertz CT molecular complexity index is 121. The Morgan fingerprint density at radius 1 is 0.750 bits per heavy atom. The molecule has 0 fully saturated rings. The van der Waals surface area contributed by atoms with E-state index in [1.807, 2.05) is 0 Å². The third-order valence-electron chi connectivity index (χ3n) is 1.33. The van der Waals surface area contributed by atoms with E-state index in [0.717, 1.165) is 0 Å². The maximum Gasteiger partial charge on any atom is 0.0704 e. The summed E-state index contributed by atoms with van der Waals surface area (Å²) >= 11 is 0. The Morgan fingerprint density at radius 3 is 1.38 bits per heavy atom. The lowest BCUT2D eigenvalue weighted by Gasteiger charge is -1.96. The molecule has 0 spiro atoms. The first-order valence-corrected chi connectivity index (χ1v) is 5.18. The van der Waals surface area contributed by atoms with Gasteiger partial charge in [-0.25, -0.2) is 0 Å². The van der Waals surface area contributed by atoms with Crippen molar-refractivity contribution >= 4 is 0 Å². The van der Waals surface area contributed by atoms with Gasteiger partial charge in [0.05, 0.1) is 39.6 Å². The molecule has 0 saturated heterocycles. The molecular formula is C12H24O4. The Hall–Kier alpha value is -0.680. The third kappa shape index (κ3) is 23.3. The topological polar surface area (TPSA) is 36.9 Å². The maximum atomic E-state index is 4.98. The summed E-state index contributed by atoms with van der Waals surface area (Å²) in [5.74, 6) is 0. The summed E-state index contributed by atoms with van der Waals surface area (Å²) in [6.45, 7) is 10.8. The number of methoxy groups -OCH3 is 2. The van der Waals surface area contributed by atoms with Crippen LogP contribution in [0.1, 0.15) is 0 Å². The number of rotatable bonds is 10. The Morgan fingerprint density at radius 2 is 1.12 bits per heavy atom. The van der Waals surface area contributed by atoms with Gasteiger partial charge in [-0.1, -0.05) is 12.2 Å². The molecule has 0 N–H and O–H groups in total. The first-order chi connectivity index (χ1) is 7.83. The van der Waals surface area contributed by atoms with E-state index in [1.165, 1.54) is 0 Å². The van der Waals surface area contributed by atoms with Gasteiger partial charge in [0.1, 0.15) is 0 Å². The lowest BCUT2D eigenvalue weighted by molar-refractivity contribution is 0.0854. The molecule has 0 heterocycles. The molecule has 0 unspecified atom stereocenters. The van der Waals surface area contributed by atoms with Crippen LogP contribution in [0.15, 0.2) is 25.3 Å². The Kier molecular flexibility index (Phi) is 21.9. The van der Waals surface area contributed by atoms with E-state index in [0.29, 0.717) is 39.6 Å². The van der Waals surface area contributed by atoms with Crippen LogP contribution in [0, 0.1) is 0 Å². The molecule has 0 aliphatic rings. The summed E-state index contributed by atoms with van der Waals surface area (Å²) in [4.78, 5) is 0. The fourth-order valence-corrected chi connectivity index (χ4v) is 0.618. The second-order valence-electron chi connectivity index (χ2n) is 2.71. The first kappa shape index (κ1) is 17.7. The smallest absolute Gasteiger partial charge is 0.0704 e. The quantitative estimate of drug-likeness (QED) is 0.424. The Labute approximate surface area is 98.8 Å². The molecule has 0 atom stereocenters. The van der Waals surface area contributed by atoms with E-state index in [2.05, 4.69) is 13.2 Å². The van der Waals surface area contributed by atoms with Crippen molar-refractivity contribution in [1.82, 2.24) is 0 Å². The highest BCUT2D eigenvalue weighted by Gasteiger charge is 1.80. The van der Waals surface area contributed by atoms with Gasteiger partial charge >= 0.3 is 0 Å². The van der Waals surface area contributed by atoms with Crippen LogP contribution in [0.5, 0.6) is 0 Å². The monoisotopic (exact) mass is 232 g/mol. The van der Waals surface area contributed by atoms with E-state index >= 15 is 0 Å². The molecule has 0 bridgehead atoms. The van der Waals surface area contributed by atoms with E-state index in [1.54, 1.807) is 26.4 Å². The highest BCUT2D eigenvalue weighted by atomic mass is 16.5.